The Balaban J connectivity index is 1.17. The second-order valence-electron chi connectivity index (χ2n) is 10.1. The summed E-state index contributed by atoms with van der Waals surface area (Å²) in [5, 5.41) is 11.6. The lowest BCUT2D eigenvalue weighted by Gasteiger charge is -2.32. The molecule has 2 aromatic heterocycles. The summed E-state index contributed by atoms with van der Waals surface area (Å²) in [5.41, 5.74) is 3.89. The van der Waals surface area contributed by atoms with Gasteiger partial charge in [-0.25, -0.2) is 14.1 Å². The summed E-state index contributed by atoms with van der Waals surface area (Å²) in [7, 11) is 0. The number of carbonyl (C=O) groups is 2. The predicted octanol–water partition coefficient (Wildman–Crippen LogP) is 5.02. The van der Waals surface area contributed by atoms with Crippen molar-refractivity contribution >= 4 is 17.5 Å². The first-order valence-corrected chi connectivity index (χ1v) is 13.3. The summed E-state index contributed by atoms with van der Waals surface area (Å²) in [6.45, 7) is 8.21. The van der Waals surface area contributed by atoms with Gasteiger partial charge in [-0.05, 0) is 73.6 Å². The summed E-state index contributed by atoms with van der Waals surface area (Å²) in [4.78, 5) is 31.8. The van der Waals surface area contributed by atoms with E-state index in [1.165, 1.54) is 28.7 Å². The highest BCUT2D eigenvalue weighted by molar-refractivity contribution is 6.01. The minimum atomic E-state index is -0.448. The molecule has 202 valence electrons. The highest BCUT2D eigenvalue weighted by Gasteiger charge is 2.27. The van der Waals surface area contributed by atoms with Crippen molar-refractivity contribution in [2.75, 3.05) is 18.4 Å². The van der Waals surface area contributed by atoms with Crippen LogP contribution in [0.2, 0.25) is 0 Å². The van der Waals surface area contributed by atoms with Crippen molar-refractivity contribution in [3.63, 3.8) is 0 Å². The normalized spacial score (nSPS) is 14.1. The molecule has 0 bridgehead atoms. The molecule has 0 atom stereocenters. The number of aromatic nitrogens is 5. The molecule has 39 heavy (non-hydrogen) atoms. The van der Waals surface area contributed by atoms with Gasteiger partial charge in [0.1, 0.15) is 17.8 Å². The minimum Gasteiger partial charge on any atom is -0.337 e. The van der Waals surface area contributed by atoms with E-state index in [0.29, 0.717) is 42.6 Å². The van der Waals surface area contributed by atoms with Crippen LogP contribution in [0, 0.1) is 5.82 Å². The second kappa shape index (κ2) is 11.2. The number of likely N-dealkylation sites (tertiary alicyclic amines) is 1. The summed E-state index contributed by atoms with van der Waals surface area (Å²) in [5.74, 6) is -0.194. The van der Waals surface area contributed by atoms with Gasteiger partial charge in [0.05, 0.1) is 11.4 Å². The number of amides is 2. The molecule has 2 amide bonds. The predicted molar refractivity (Wildman–Crippen MR) is 146 cm³/mol. The van der Waals surface area contributed by atoms with Crippen LogP contribution in [0.1, 0.15) is 77.8 Å². The fraction of sp³-hybridized carbons (Fsp3) is 0.345. The molecule has 9 nitrogen and oxygen atoms in total. The molecule has 10 heteroatoms. The van der Waals surface area contributed by atoms with Gasteiger partial charge in [-0.2, -0.15) is 5.10 Å². The van der Waals surface area contributed by atoms with E-state index in [-0.39, 0.29) is 17.6 Å². The van der Waals surface area contributed by atoms with Gasteiger partial charge in [-0.15, -0.1) is 5.10 Å². The number of halogens is 1. The van der Waals surface area contributed by atoms with Crippen molar-refractivity contribution in [3.8, 4) is 5.69 Å². The van der Waals surface area contributed by atoms with Crippen LogP contribution in [0.25, 0.3) is 5.69 Å². The third-order valence-electron chi connectivity index (χ3n) is 7.10. The maximum absolute atomic E-state index is 13.5. The molecule has 0 saturated carbocycles. The second-order valence-corrected chi connectivity index (χ2v) is 10.1. The van der Waals surface area contributed by atoms with Crippen LogP contribution in [-0.4, -0.2) is 54.3 Å². The summed E-state index contributed by atoms with van der Waals surface area (Å²) in [6, 6.07) is 15.6. The van der Waals surface area contributed by atoms with E-state index in [1.807, 2.05) is 42.2 Å². The van der Waals surface area contributed by atoms with E-state index < -0.39 is 11.7 Å². The third kappa shape index (κ3) is 5.74. The fourth-order valence-corrected chi connectivity index (χ4v) is 4.85. The van der Waals surface area contributed by atoms with Crippen molar-refractivity contribution in [3.05, 3.63) is 89.5 Å². The topological polar surface area (TPSA) is 97.9 Å². The maximum Gasteiger partial charge on any atom is 0.295 e. The Morgan fingerprint density at radius 1 is 1.05 bits per heavy atom. The first-order valence-electron chi connectivity index (χ1n) is 13.3. The van der Waals surface area contributed by atoms with Crippen LogP contribution in [0.5, 0.6) is 0 Å². The molecule has 1 fully saturated rings. The molecule has 0 unspecified atom stereocenters. The van der Waals surface area contributed by atoms with Gasteiger partial charge in [-0.1, -0.05) is 32.0 Å². The largest absolute Gasteiger partial charge is 0.337 e. The van der Waals surface area contributed by atoms with Gasteiger partial charge in [0.25, 0.3) is 11.8 Å². The number of aryl methyl sites for hydroxylation is 1. The fourth-order valence-electron chi connectivity index (χ4n) is 4.85. The lowest BCUT2D eigenvalue weighted by atomic mass is 9.89. The zero-order valence-electron chi connectivity index (χ0n) is 22.3. The molecule has 3 heterocycles. The van der Waals surface area contributed by atoms with Crippen molar-refractivity contribution in [1.82, 2.24) is 29.4 Å². The first kappa shape index (κ1) is 26.3. The Kier molecular flexibility index (Phi) is 7.53. The molecule has 0 spiro atoms. The minimum absolute atomic E-state index is 0.00897. The highest BCUT2D eigenvalue weighted by Crippen LogP contribution is 2.30. The molecule has 1 saturated heterocycles. The summed E-state index contributed by atoms with van der Waals surface area (Å²) < 4.78 is 16.7. The van der Waals surface area contributed by atoms with Gasteiger partial charge in [-0.3, -0.25) is 14.3 Å². The van der Waals surface area contributed by atoms with Gasteiger partial charge in [0.2, 0.25) is 5.82 Å². The Morgan fingerprint density at radius 2 is 1.79 bits per heavy atom. The lowest BCUT2D eigenvalue weighted by Crippen LogP contribution is -2.38. The first-order chi connectivity index (χ1) is 18.8. The van der Waals surface area contributed by atoms with Crippen LogP contribution >= 0.6 is 0 Å². The molecule has 1 N–H and O–H groups in total. The number of nitrogens with zero attached hydrogens (tertiary/aromatic N) is 6. The average molecular weight is 530 g/mol. The monoisotopic (exact) mass is 529 g/mol. The average Bonchev–Trinajstić information content (AvgIpc) is 3.62. The van der Waals surface area contributed by atoms with Gasteiger partial charge in [0, 0.05) is 25.3 Å². The summed E-state index contributed by atoms with van der Waals surface area (Å²) >= 11 is 0. The molecular formula is C29H32FN7O2. The number of carbonyl (C=O) groups excluding carboxylic acids is 2. The molecule has 4 aromatic rings. The SMILES string of the molecule is CCn1nc(C(C)C)cc1C(=O)N1CCC(c2ccc(NC(=O)c3ncn(-c4cccc(F)c4)n3)cc2)CC1. The molecular weight excluding hydrogens is 497 g/mol. The number of nitrogens with one attached hydrogen (secondary N) is 1. The summed E-state index contributed by atoms with van der Waals surface area (Å²) in [6.07, 6.45) is 3.12. The Labute approximate surface area is 226 Å². The van der Waals surface area contributed by atoms with Gasteiger partial charge in [0.15, 0.2) is 0 Å². The van der Waals surface area contributed by atoms with Crippen molar-refractivity contribution in [1.29, 1.82) is 0 Å². The smallest absolute Gasteiger partial charge is 0.295 e. The number of hydrogen-bond acceptors (Lipinski definition) is 5. The van der Waals surface area contributed by atoms with E-state index in [9.17, 15) is 14.0 Å². The van der Waals surface area contributed by atoms with Gasteiger partial charge < -0.3 is 10.2 Å². The molecule has 0 radical (unpaired) electrons. The van der Waals surface area contributed by atoms with Crippen LogP contribution in [0.4, 0.5) is 10.1 Å². The van der Waals surface area contributed by atoms with E-state index in [1.54, 1.807) is 16.8 Å². The molecule has 2 aromatic carbocycles. The molecule has 0 aliphatic carbocycles. The van der Waals surface area contributed by atoms with Crippen molar-refractivity contribution in [2.24, 2.45) is 0 Å². The number of hydrogen-bond donors (Lipinski definition) is 1. The molecule has 1 aliphatic heterocycles. The number of rotatable bonds is 7. The van der Waals surface area contributed by atoms with E-state index in [4.69, 9.17) is 0 Å². The third-order valence-corrected chi connectivity index (χ3v) is 7.10. The number of piperidine rings is 1. The van der Waals surface area contributed by atoms with Gasteiger partial charge >= 0.3 is 0 Å². The van der Waals surface area contributed by atoms with Crippen molar-refractivity contribution in [2.45, 2.75) is 52.0 Å². The molecule has 1 aliphatic rings. The van der Waals surface area contributed by atoms with Crippen LogP contribution in [-0.2, 0) is 6.54 Å². The van der Waals surface area contributed by atoms with Crippen molar-refractivity contribution < 1.29 is 14.0 Å². The number of benzene rings is 2. The molecule has 5 rings (SSSR count). The van der Waals surface area contributed by atoms with Crippen LogP contribution < -0.4 is 5.32 Å². The Hall–Kier alpha value is -4.34. The maximum atomic E-state index is 13.5. The standard InChI is InChI=1S/C29H32FN7O2/c1-4-36-26(17-25(33-36)19(2)3)29(39)35-14-12-21(13-15-35)20-8-10-23(11-9-20)32-28(38)27-31-18-37(34-27)24-7-5-6-22(30)16-24/h5-11,16-19,21H,4,12-15H2,1-3H3,(H,32,38). The Morgan fingerprint density at radius 3 is 2.46 bits per heavy atom. The lowest BCUT2D eigenvalue weighted by molar-refractivity contribution is 0.0700. The zero-order chi connectivity index (χ0) is 27.5. The van der Waals surface area contributed by atoms with Crippen LogP contribution in [0.3, 0.4) is 0 Å². The zero-order valence-corrected chi connectivity index (χ0v) is 22.3. The quantitative estimate of drug-likeness (QED) is 0.363. The van der Waals surface area contributed by atoms with E-state index in [0.717, 1.165) is 18.5 Å². The van der Waals surface area contributed by atoms with E-state index in [2.05, 4.69) is 34.3 Å². The number of anilines is 1. The highest BCUT2D eigenvalue weighted by atomic mass is 19.1. The Bertz CT molecular complexity index is 1470. The van der Waals surface area contributed by atoms with E-state index >= 15 is 0 Å². The van der Waals surface area contributed by atoms with Crippen LogP contribution in [0.15, 0.2) is 60.9 Å².